The molecule has 1 N–H and O–H groups in total. The first kappa shape index (κ1) is 21.5. The molecule has 1 aromatic carbocycles. The van der Waals surface area contributed by atoms with E-state index in [1.165, 1.54) is 0 Å². The maximum Gasteiger partial charge on any atom is 0.230 e. The maximum atomic E-state index is 13.3. The van der Waals surface area contributed by atoms with Crippen LogP contribution in [0.5, 0.6) is 11.5 Å². The number of methoxy groups -OCH3 is 2. The standard InChI is InChI=1S/C25H27N3O5/c1-31-18-4-3-16(13-20(18)32-2)8-12-27-23(29)21-19-5-9-25(33-19)15-28(24(30)22(21)25)14-17-6-10-26-11-7-17/h3-7,9-11,13,19,21-22H,8,12,14-15H2,1-2H3,(H,27,29)/t19-,21-,22+,25-/m1/s1. The van der Waals surface area contributed by atoms with Crippen molar-refractivity contribution >= 4 is 11.8 Å². The Bertz CT molecular complexity index is 1090. The van der Waals surface area contributed by atoms with Crippen LogP contribution in [0.3, 0.4) is 0 Å². The van der Waals surface area contributed by atoms with E-state index in [9.17, 15) is 9.59 Å². The Morgan fingerprint density at radius 3 is 2.73 bits per heavy atom. The molecule has 2 amide bonds. The number of nitrogens with zero attached hydrogens (tertiary/aromatic N) is 2. The minimum Gasteiger partial charge on any atom is -0.493 e. The Morgan fingerprint density at radius 1 is 1.18 bits per heavy atom. The van der Waals surface area contributed by atoms with Gasteiger partial charge in [0, 0.05) is 25.5 Å². The minimum atomic E-state index is -0.708. The fourth-order valence-corrected chi connectivity index (χ4v) is 5.20. The third-order valence-electron chi connectivity index (χ3n) is 6.77. The van der Waals surface area contributed by atoms with Crippen LogP contribution in [0.4, 0.5) is 0 Å². The molecule has 2 saturated heterocycles. The van der Waals surface area contributed by atoms with E-state index in [4.69, 9.17) is 14.2 Å². The number of rotatable bonds is 8. The lowest BCUT2D eigenvalue weighted by Gasteiger charge is -2.23. The van der Waals surface area contributed by atoms with Gasteiger partial charge in [0.05, 0.1) is 38.7 Å². The third kappa shape index (κ3) is 3.74. The number of aromatic nitrogens is 1. The van der Waals surface area contributed by atoms with Crippen molar-refractivity contribution in [2.45, 2.75) is 24.7 Å². The van der Waals surface area contributed by atoms with E-state index in [0.717, 1.165) is 11.1 Å². The largest absolute Gasteiger partial charge is 0.493 e. The Hall–Kier alpha value is -3.39. The molecule has 3 aliphatic heterocycles. The van der Waals surface area contributed by atoms with Crippen LogP contribution in [0.15, 0.2) is 54.9 Å². The average Bonchev–Trinajstić information content (AvgIpc) is 3.47. The predicted octanol–water partition coefficient (Wildman–Crippen LogP) is 1.74. The van der Waals surface area contributed by atoms with Gasteiger partial charge in [-0.05, 0) is 41.8 Å². The first-order valence-corrected chi connectivity index (χ1v) is 11.1. The lowest BCUT2D eigenvalue weighted by Crippen LogP contribution is -2.44. The zero-order valence-electron chi connectivity index (χ0n) is 18.7. The lowest BCUT2D eigenvalue weighted by atomic mass is 9.77. The van der Waals surface area contributed by atoms with Crippen molar-refractivity contribution in [3.05, 3.63) is 66.0 Å². The second-order valence-corrected chi connectivity index (χ2v) is 8.68. The smallest absolute Gasteiger partial charge is 0.230 e. The van der Waals surface area contributed by atoms with E-state index < -0.39 is 17.4 Å². The molecule has 2 bridgehead atoms. The first-order chi connectivity index (χ1) is 16.0. The van der Waals surface area contributed by atoms with Gasteiger partial charge in [-0.2, -0.15) is 0 Å². The van der Waals surface area contributed by atoms with Gasteiger partial charge in [0.15, 0.2) is 11.5 Å². The molecule has 0 radical (unpaired) electrons. The summed E-state index contributed by atoms with van der Waals surface area (Å²) in [6.07, 6.45) is 7.61. The molecule has 0 unspecified atom stereocenters. The highest BCUT2D eigenvalue weighted by atomic mass is 16.5. The summed E-state index contributed by atoms with van der Waals surface area (Å²) in [5.41, 5.74) is 1.32. The van der Waals surface area contributed by atoms with Crippen LogP contribution in [0.2, 0.25) is 0 Å². The van der Waals surface area contributed by atoms with Gasteiger partial charge < -0.3 is 24.4 Å². The number of benzene rings is 1. The van der Waals surface area contributed by atoms with E-state index >= 15 is 0 Å². The number of amides is 2. The molecule has 8 nitrogen and oxygen atoms in total. The third-order valence-corrected chi connectivity index (χ3v) is 6.77. The van der Waals surface area contributed by atoms with Gasteiger partial charge in [0.25, 0.3) is 0 Å². The molecule has 2 fully saturated rings. The van der Waals surface area contributed by atoms with Gasteiger partial charge in [-0.25, -0.2) is 0 Å². The van der Waals surface area contributed by atoms with E-state index in [1.54, 1.807) is 31.5 Å². The van der Waals surface area contributed by atoms with Gasteiger partial charge >= 0.3 is 0 Å². The van der Waals surface area contributed by atoms with Crippen molar-refractivity contribution in [3.8, 4) is 11.5 Å². The Kier molecular flexibility index (Phi) is 5.54. The molecular weight excluding hydrogens is 422 g/mol. The number of hydrogen-bond donors (Lipinski definition) is 1. The normalized spacial score (nSPS) is 27.0. The van der Waals surface area contributed by atoms with E-state index in [2.05, 4.69) is 10.3 Å². The highest BCUT2D eigenvalue weighted by Gasteiger charge is 2.66. The fraction of sp³-hybridized carbons (Fsp3) is 0.400. The van der Waals surface area contributed by atoms with Crippen LogP contribution in [0.1, 0.15) is 11.1 Å². The number of carbonyl (C=O) groups excluding carboxylic acids is 2. The summed E-state index contributed by atoms with van der Waals surface area (Å²) in [7, 11) is 3.19. The van der Waals surface area contributed by atoms with Crippen molar-refractivity contribution in [3.63, 3.8) is 0 Å². The topological polar surface area (TPSA) is 90.0 Å². The molecule has 1 aromatic heterocycles. The molecule has 0 aliphatic carbocycles. The van der Waals surface area contributed by atoms with Crippen LogP contribution < -0.4 is 14.8 Å². The molecule has 0 saturated carbocycles. The quantitative estimate of drug-likeness (QED) is 0.618. The van der Waals surface area contributed by atoms with E-state index in [0.29, 0.717) is 37.6 Å². The zero-order valence-corrected chi connectivity index (χ0v) is 18.7. The van der Waals surface area contributed by atoms with Crippen LogP contribution in [-0.2, 0) is 27.3 Å². The summed E-state index contributed by atoms with van der Waals surface area (Å²) >= 11 is 0. The Morgan fingerprint density at radius 2 is 1.97 bits per heavy atom. The number of carbonyl (C=O) groups is 2. The van der Waals surface area contributed by atoms with Crippen LogP contribution in [0.25, 0.3) is 0 Å². The number of hydrogen-bond acceptors (Lipinski definition) is 6. The molecule has 1 spiro atoms. The first-order valence-electron chi connectivity index (χ1n) is 11.1. The van der Waals surface area contributed by atoms with Gasteiger partial charge in [0.1, 0.15) is 5.60 Å². The molecule has 172 valence electrons. The van der Waals surface area contributed by atoms with Gasteiger partial charge in [0.2, 0.25) is 11.8 Å². The molecule has 4 heterocycles. The summed E-state index contributed by atoms with van der Waals surface area (Å²) in [5, 5.41) is 3.01. The summed E-state index contributed by atoms with van der Waals surface area (Å²) in [5.74, 6) is 0.138. The Balaban J connectivity index is 1.24. The SMILES string of the molecule is COc1ccc(CCNC(=O)[C@H]2[C@H]3C(=O)N(Cc4ccncc4)C[C@]34C=C[C@H]2O4)cc1OC. The maximum absolute atomic E-state index is 13.3. The molecular formula is C25H27N3O5. The van der Waals surface area contributed by atoms with Crippen molar-refractivity contribution < 1.29 is 23.8 Å². The monoisotopic (exact) mass is 449 g/mol. The molecule has 4 atom stereocenters. The highest BCUT2D eigenvalue weighted by Crippen LogP contribution is 2.52. The van der Waals surface area contributed by atoms with Crippen molar-refractivity contribution in [2.24, 2.45) is 11.8 Å². The number of fused-ring (bicyclic) bond motifs is 1. The number of likely N-dealkylation sites (tertiary alicyclic amines) is 1. The number of pyridine rings is 1. The fourth-order valence-electron chi connectivity index (χ4n) is 5.20. The summed E-state index contributed by atoms with van der Waals surface area (Å²) < 4.78 is 16.8. The number of ether oxygens (including phenoxy) is 3. The lowest BCUT2D eigenvalue weighted by molar-refractivity contribution is -0.137. The minimum absolute atomic E-state index is 0.0290. The Labute approximate surface area is 192 Å². The zero-order chi connectivity index (χ0) is 23.0. The van der Waals surface area contributed by atoms with E-state index in [-0.39, 0.29) is 17.9 Å². The molecule has 2 aromatic rings. The van der Waals surface area contributed by atoms with Crippen LogP contribution in [-0.4, -0.2) is 60.7 Å². The van der Waals surface area contributed by atoms with Crippen molar-refractivity contribution in [2.75, 3.05) is 27.3 Å². The van der Waals surface area contributed by atoms with Gasteiger partial charge in [-0.3, -0.25) is 14.6 Å². The summed E-state index contributed by atoms with van der Waals surface area (Å²) in [6.45, 7) is 1.40. The van der Waals surface area contributed by atoms with Crippen LogP contribution in [0, 0.1) is 11.8 Å². The molecule has 33 heavy (non-hydrogen) atoms. The second-order valence-electron chi connectivity index (χ2n) is 8.68. The van der Waals surface area contributed by atoms with Gasteiger partial charge in [-0.1, -0.05) is 18.2 Å². The molecule has 5 rings (SSSR count). The van der Waals surface area contributed by atoms with E-state index in [1.807, 2.05) is 42.5 Å². The predicted molar refractivity (Wildman–Crippen MR) is 120 cm³/mol. The second kappa shape index (κ2) is 8.51. The summed E-state index contributed by atoms with van der Waals surface area (Å²) in [4.78, 5) is 32.3. The molecule has 3 aliphatic rings. The van der Waals surface area contributed by atoms with Crippen molar-refractivity contribution in [1.29, 1.82) is 0 Å². The highest BCUT2D eigenvalue weighted by molar-refractivity contribution is 5.93. The number of nitrogens with one attached hydrogen (secondary N) is 1. The molecule has 8 heteroatoms. The van der Waals surface area contributed by atoms with Crippen LogP contribution >= 0.6 is 0 Å². The summed E-state index contributed by atoms with van der Waals surface area (Å²) in [6, 6.07) is 9.49. The average molecular weight is 450 g/mol. The van der Waals surface area contributed by atoms with Crippen molar-refractivity contribution in [1.82, 2.24) is 15.2 Å². The van der Waals surface area contributed by atoms with Gasteiger partial charge in [-0.15, -0.1) is 0 Å².